The molecule has 1 N–H and O–H groups in total. The van der Waals surface area contributed by atoms with Gasteiger partial charge in [0.25, 0.3) is 0 Å². The van der Waals surface area contributed by atoms with Crippen LogP contribution in [0.2, 0.25) is 0 Å². The molecule has 1 aliphatic rings. The van der Waals surface area contributed by atoms with E-state index >= 15 is 0 Å². The average Bonchev–Trinajstić information content (AvgIpc) is 2.73. The number of benzene rings is 1. The Bertz CT molecular complexity index is 323. The molecule has 0 saturated carbocycles. The smallest absolute Gasteiger partial charge is 0.119 e. The van der Waals surface area contributed by atoms with Crippen molar-refractivity contribution in [2.24, 2.45) is 0 Å². The van der Waals surface area contributed by atoms with E-state index in [0.29, 0.717) is 12.7 Å². The number of anilines is 1. The van der Waals surface area contributed by atoms with Gasteiger partial charge in [0.15, 0.2) is 0 Å². The van der Waals surface area contributed by atoms with Gasteiger partial charge >= 0.3 is 0 Å². The minimum Gasteiger partial charge on any atom is -0.491 e. The highest BCUT2D eigenvalue weighted by Crippen LogP contribution is 2.21. The third kappa shape index (κ3) is 2.89. The summed E-state index contributed by atoms with van der Waals surface area (Å²) in [7, 11) is 1.91. The van der Waals surface area contributed by atoms with E-state index in [1.807, 2.05) is 31.3 Å². The van der Waals surface area contributed by atoms with Gasteiger partial charge in [-0.25, -0.2) is 0 Å². The van der Waals surface area contributed by atoms with Crippen LogP contribution in [0.4, 0.5) is 5.69 Å². The maximum Gasteiger partial charge on any atom is 0.119 e. The van der Waals surface area contributed by atoms with Crippen molar-refractivity contribution >= 4 is 5.69 Å². The zero-order valence-electron chi connectivity index (χ0n) is 9.90. The molecule has 16 heavy (non-hydrogen) atoms. The molecule has 1 aliphatic heterocycles. The van der Waals surface area contributed by atoms with Crippen molar-refractivity contribution in [2.45, 2.75) is 32.0 Å². The van der Waals surface area contributed by atoms with Gasteiger partial charge in [-0.05, 0) is 44.0 Å². The molecule has 3 nitrogen and oxygen atoms in total. The van der Waals surface area contributed by atoms with Crippen LogP contribution in [0.25, 0.3) is 0 Å². The Morgan fingerprint density at radius 1 is 1.31 bits per heavy atom. The van der Waals surface area contributed by atoms with E-state index in [1.54, 1.807) is 0 Å². The monoisotopic (exact) mass is 221 g/mol. The molecule has 1 aromatic carbocycles. The molecule has 2 unspecified atom stereocenters. The van der Waals surface area contributed by atoms with Gasteiger partial charge in [0.05, 0.1) is 12.2 Å². The van der Waals surface area contributed by atoms with Crippen molar-refractivity contribution in [2.75, 3.05) is 19.0 Å². The predicted molar refractivity (Wildman–Crippen MR) is 65.1 cm³/mol. The third-order valence-electron chi connectivity index (χ3n) is 2.90. The highest BCUT2D eigenvalue weighted by atomic mass is 16.5. The van der Waals surface area contributed by atoms with Crippen molar-refractivity contribution in [3.8, 4) is 5.75 Å². The van der Waals surface area contributed by atoms with Gasteiger partial charge in [0.2, 0.25) is 0 Å². The molecular weight excluding hydrogens is 202 g/mol. The van der Waals surface area contributed by atoms with Crippen LogP contribution < -0.4 is 10.1 Å². The molecule has 88 valence electrons. The molecule has 2 rings (SSSR count). The van der Waals surface area contributed by atoms with E-state index in [9.17, 15) is 0 Å². The van der Waals surface area contributed by atoms with Gasteiger partial charge in [-0.3, -0.25) is 0 Å². The third-order valence-corrected chi connectivity index (χ3v) is 2.90. The van der Waals surface area contributed by atoms with Crippen LogP contribution in [0.1, 0.15) is 19.8 Å². The second-order valence-corrected chi connectivity index (χ2v) is 4.23. The second kappa shape index (κ2) is 5.21. The van der Waals surface area contributed by atoms with Crippen molar-refractivity contribution in [3.05, 3.63) is 24.3 Å². The molecule has 0 amide bonds. The first-order chi connectivity index (χ1) is 7.78. The number of ether oxygens (including phenoxy) is 2. The largest absolute Gasteiger partial charge is 0.491 e. The summed E-state index contributed by atoms with van der Waals surface area (Å²) in [6.45, 7) is 2.77. The lowest BCUT2D eigenvalue weighted by atomic mass is 10.2. The summed E-state index contributed by atoms with van der Waals surface area (Å²) in [6.07, 6.45) is 2.90. The normalized spacial score (nSPS) is 24.4. The molecule has 0 aromatic heterocycles. The van der Waals surface area contributed by atoms with Gasteiger partial charge in [0, 0.05) is 12.7 Å². The maximum absolute atomic E-state index is 5.69. The van der Waals surface area contributed by atoms with E-state index in [-0.39, 0.29) is 6.10 Å². The number of rotatable bonds is 4. The van der Waals surface area contributed by atoms with Crippen molar-refractivity contribution in [1.82, 2.24) is 0 Å². The first-order valence-corrected chi connectivity index (χ1v) is 5.84. The standard InChI is InChI=1S/C13H19NO2/c1-10-3-6-13(16-10)9-15-12-7-4-11(14-2)5-8-12/h4-5,7-8,10,13-14H,3,6,9H2,1-2H3. The fourth-order valence-electron chi connectivity index (χ4n) is 1.91. The fourth-order valence-corrected chi connectivity index (χ4v) is 1.91. The quantitative estimate of drug-likeness (QED) is 0.848. The van der Waals surface area contributed by atoms with Gasteiger partial charge in [0.1, 0.15) is 12.4 Å². The van der Waals surface area contributed by atoms with E-state index in [1.165, 1.54) is 0 Å². The second-order valence-electron chi connectivity index (χ2n) is 4.23. The van der Waals surface area contributed by atoms with E-state index in [4.69, 9.17) is 9.47 Å². The van der Waals surface area contributed by atoms with E-state index < -0.39 is 0 Å². The Morgan fingerprint density at radius 3 is 2.62 bits per heavy atom. The first-order valence-electron chi connectivity index (χ1n) is 5.84. The lowest BCUT2D eigenvalue weighted by Crippen LogP contribution is -2.17. The molecular formula is C13H19NO2. The number of nitrogens with one attached hydrogen (secondary N) is 1. The minimum absolute atomic E-state index is 0.263. The Labute approximate surface area is 96.8 Å². The highest BCUT2D eigenvalue weighted by molar-refractivity contribution is 5.45. The molecule has 0 radical (unpaired) electrons. The zero-order chi connectivity index (χ0) is 11.4. The minimum atomic E-state index is 0.263. The Kier molecular flexibility index (Phi) is 3.67. The summed E-state index contributed by atoms with van der Waals surface area (Å²) in [5.74, 6) is 0.905. The Hall–Kier alpha value is -1.22. The lowest BCUT2D eigenvalue weighted by Gasteiger charge is -2.12. The maximum atomic E-state index is 5.69. The van der Waals surface area contributed by atoms with Crippen molar-refractivity contribution in [1.29, 1.82) is 0 Å². The first kappa shape index (κ1) is 11.3. The molecule has 1 heterocycles. The number of hydrogen-bond acceptors (Lipinski definition) is 3. The summed E-state index contributed by atoms with van der Waals surface area (Å²) in [6, 6.07) is 7.97. The summed E-state index contributed by atoms with van der Waals surface area (Å²) < 4.78 is 11.4. The molecule has 1 saturated heterocycles. The van der Waals surface area contributed by atoms with Crippen LogP contribution >= 0.6 is 0 Å². The van der Waals surface area contributed by atoms with Crippen LogP contribution in [0.3, 0.4) is 0 Å². The van der Waals surface area contributed by atoms with Crippen molar-refractivity contribution in [3.63, 3.8) is 0 Å². The summed E-state index contributed by atoms with van der Waals surface area (Å²) >= 11 is 0. The zero-order valence-corrected chi connectivity index (χ0v) is 9.90. The molecule has 2 atom stereocenters. The van der Waals surface area contributed by atoms with Crippen LogP contribution in [0.5, 0.6) is 5.75 Å². The van der Waals surface area contributed by atoms with E-state index in [0.717, 1.165) is 24.3 Å². The van der Waals surface area contributed by atoms with Gasteiger partial charge in [-0.15, -0.1) is 0 Å². The molecule has 0 aliphatic carbocycles. The number of hydrogen-bond donors (Lipinski definition) is 1. The van der Waals surface area contributed by atoms with Crippen LogP contribution in [-0.2, 0) is 4.74 Å². The van der Waals surface area contributed by atoms with Gasteiger partial charge < -0.3 is 14.8 Å². The summed E-state index contributed by atoms with van der Waals surface area (Å²) in [4.78, 5) is 0. The Balaban J connectivity index is 1.80. The van der Waals surface area contributed by atoms with E-state index in [2.05, 4.69) is 12.2 Å². The van der Waals surface area contributed by atoms with Crippen LogP contribution in [0.15, 0.2) is 24.3 Å². The predicted octanol–water partition coefficient (Wildman–Crippen LogP) is 2.67. The lowest BCUT2D eigenvalue weighted by molar-refractivity contribution is 0.0265. The van der Waals surface area contributed by atoms with Gasteiger partial charge in [-0.1, -0.05) is 0 Å². The van der Waals surface area contributed by atoms with Gasteiger partial charge in [-0.2, -0.15) is 0 Å². The average molecular weight is 221 g/mol. The van der Waals surface area contributed by atoms with Crippen LogP contribution in [0, 0.1) is 0 Å². The molecule has 0 bridgehead atoms. The Morgan fingerprint density at radius 2 is 2.06 bits per heavy atom. The molecule has 1 fully saturated rings. The SMILES string of the molecule is CNc1ccc(OCC2CCC(C)O2)cc1. The fraction of sp³-hybridized carbons (Fsp3) is 0.538. The summed E-state index contributed by atoms with van der Waals surface area (Å²) in [5.41, 5.74) is 1.10. The topological polar surface area (TPSA) is 30.5 Å². The van der Waals surface area contributed by atoms with Crippen LogP contribution in [-0.4, -0.2) is 25.9 Å². The summed E-state index contributed by atoms with van der Waals surface area (Å²) in [5, 5.41) is 3.08. The molecule has 0 spiro atoms. The molecule has 1 aromatic rings. The highest BCUT2D eigenvalue weighted by Gasteiger charge is 2.21. The molecule has 3 heteroatoms. The van der Waals surface area contributed by atoms with Crippen molar-refractivity contribution < 1.29 is 9.47 Å².